The smallest absolute Gasteiger partial charge is 0.396 e. The summed E-state index contributed by atoms with van der Waals surface area (Å²) in [5.74, 6) is -1.20. The van der Waals surface area contributed by atoms with Crippen LogP contribution >= 0.6 is 11.3 Å². The van der Waals surface area contributed by atoms with Gasteiger partial charge in [-0.15, -0.1) is 0 Å². The average Bonchev–Trinajstić information content (AvgIpc) is 3.45. The number of carbonyl (C=O) groups is 1. The molecule has 4 heterocycles. The summed E-state index contributed by atoms with van der Waals surface area (Å²) >= 11 is 0.337. The maximum Gasteiger partial charge on any atom is 0.451 e. The van der Waals surface area contributed by atoms with Crippen LogP contribution in [0, 0.1) is 6.92 Å². The number of nitrogens with zero attached hydrogens (tertiary/aromatic N) is 8. The highest BCUT2D eigenvalue weighted by Crippen LogP contribution is 2.43. The lowest BCUT2D eigenvalue weighted by Gasteiger charge is -2.42. The second-order valence-electron chi connectivity index (χ2n) is 8.13. The molecule has 200 valence electrons. The maximum atomic E-state index is 13.5. The third-order valence-electron chi connectivity index (χ3n) is 5.68. The van der Waals surface area contributed by atoms with Crippen molar-refractivity contribution in [2.24, 2.45) is 0 Å². The van der Waals surface area contributed by atoms with Crippen LogP contribution in [0.2, 0.25) is 0 Å². The highest BCUT2D eigenvalue weighted by Gasteiger charge is 2.39. The molecule has 4 rings (SSSR count). The van der Waals surface area contributed by atoms with E-state index in [9.17, 15) is 36.2 Å². The number of thiazole rings is 1. The Kier molecular flexibility index (Phi) is 7.36. The number of anilines is 1. The lowest BCUT2D eigenvalue weighted by Crippen LogP contribution is -2.56. The van der Waals surface area contributed by atoms with Gasteiger partial charge in [0.05, 0.1) is 6.04 Å². The van der Waals surface area contributed by atoms with Crippen molar-refractivity contribution in [3.63, 3.8) is 0 Å². The van der Waals surface area contributed by atoms with Gasteiger partial charge in [0.2, 0.25) is 16.7 Å². The van der Waals surface area contributed by atoms with Crippen LogP contribution in [0.3, 0.4) is 0 Å². The summed E-state index contributed by atoms with van der Waals surface area (Å²) in [6.45, 7) is 1.62. The summed E-state index contributed by atoms with van der Waals surface area (Å²) in [6, 6.07) is -0.553. The molecule has 1 atom stereocenters. The van der Waals surface area contributed by atoms with Gasteiger partial charge in [0.15, 0.2) is 0 Å². The number of piperazine rings is 1. The quantitative estimate of drug-likeness (QED) is 0.467. The Bertz CT molecular complexity index is 1240. The molecular weight excluding hydrogens is 530 g/mol. The van der Waals surface area contributed by atoms with Crippen LogP contribution in [0.15, 0.2) is 18.7 Å². The van der Waals surface area contributed by atoms with Crippen LogP contribution in [0.25, 0.3) is 11.3 Å². The fourth-order valence-corrected chi connectivity index (χ4v) is 4.88. The second-order valence-corrected chi connectivity index (χ2v) is 9.11. The molecule has 1 saturated heterocycles. The first kappa shape index (κ1) is 26.7. The summed E-state index contributed by atoms with van der Waals surface area (Å²) < 4.78 is 80.5. The third kappa shape index (κ3) is 5.82. The molecule has 0 bridgehead atoms. The predicted octanol–water partition coefficient (Wildman–Crippen LogP) is 2.64. The lowest BCUT2D eigenvalue weighted by molar-refractivity contribution is -0.145. The Balaban J connectivity index is 1.62. The van der Waals surface area contributed by atoms with Gasteiger partial charge in [0, 0.05) is 44.2 Å². The van der Waals surface area contributed by atoms with Crippen LogP contribution in [0.5, 0.6) is 0 Å². The highest BCUT2D eigenvalue weighted by molar-refractivity contribution is 7.16. The van der Waals surface area contributed by atoms with Crippen molar-refractivity contribution in [2.45, 2.75) is 38.3 Å². The van der Waals surface area contributed by atoms with Crippen molar-refractivity contribution in [2.75, 3.05) is 31.1 Å². The first-order chi connectivity index (χ1) is 17.4. The molecule has 10 nitrogen and oxygen atoms in total. The number of carbonyl (C=O) groups excluding carboxylic acids is 1. The zero-order chi connectivity index (χ0) is 27.0. The van der Waals surface area contributed by atoms with E-state index >= 15 is 0 Å². The lowest BCUT2D eigenvalue weighted by atomic mass is 10.1. The van der Waals surface area contributed by atoms with Gasteiger partial charge in [-0.05, 0) is 13.3 Å². The molecule has 1 unspecified atom stereocenters. The molecule has 1 fully saturated rings. The SMILES string of the molecule is Cc1ncnn1CC(=O)N1CCN(c2sc(C(F)(F)F)nc2-c2cnc(C(F)(F)F)nc2)CC1CCO. The minimum atomic E-state index is -4.81. The Labute approximate surface area is 209 Å². The summed E-state index contributed by atoms with van der Waals surface area (Å²) in [4.78, 5) is 30.1. The zero-order valence-corrected chi connectivity index (χ0v) is 20.0. The molecule has 0 radical (unpaired) electrons. The number of rotatable bonds is 6. The standard InChI is InChI=1S/C20H20F6N8O2S/c1-11-29-10-30-34(11)9-14(36)33-4-3-32(8-13(33)2-5-35)16-15(31-18(37-16)20(24,25)26)12-6-27-17(28-7-12)19(21,22)23/h6-7,10,13,35H,2-5,8-9H2,1H3. The van der Waals surface area contributed by atoms with Gasteiger partial charge in [0.25, 0.3) is 0 Å². The van der Waals surface area contributed by atoms with Crippen molar-refractivity contribution in [1.82, 2.24) is 34.6 Å². The largest absolute Gasteiger partial charge is 0.451 e. The minimum absolute atomic E-state index is 0.0536. The molecule has 0 aliphatic carbocycles. The highest BCUT2D eigenvalue weighted by atomic mass is 32.1. The molecule has 0 saturated carbocycles. The molecule has 1 amide bonds. The predicted molar refractivity (Wildman–Crippen MR) is 117 cm³/mol. The van der Waals surface area contributed by atoms with E-state index < -0.39 is 29.2 Å². The van der Waals surface area contributed by atoms with E-state index in [-0.39, 0.29) is 61.4 Å². The summed E-state index contributed by atoms with van der Waals surface area (Å²) in [7, 11) is 0. The number of halogens is 6. The van der Waals surface area contributed by atoms with E-state index in [4.69, 9.17) is 0 Å². The van der Waals surface area contributed by atoms with Gasteiger partial charge in [-0.25, -0.2) is 24.6 Å². The van der Waals surface area contributed by atoms with Gasteiger partial charge in [0.1, 0.15) is 29.4 Å². The number of aliphatic hydroxyl groups excluding tert-OH is 1. The molecule has 17 heteroatoms. The minimum Gasteiger partial charge on any atom is -0.396 e. The fraction of sp³-hybridized carbons (Fsp3) is 0.500. The average molecular weight is 550 g/mol. The van der Waals surface area contributed by atoms with E-state index in [1.54, 1.807) is 11.8 Å². The van der Waals surface area contributed by atoms with Crippen molar-refractivity contribution in [3.8, 4) is 11.3 Å². The normalized spacial score (nSPS) is 16.9. The van der Waals surface area contributed by atoms with Gasteiger partial charge >= 0.3 is 12.4 Å². The molecule has 0 aromatic carbocycles. The van der Waals surface area contributed by atoms with Crippen molar-refractivity contribution >= 4 is 22.2 Å². The number of aryl methyl sites for hydroxylation is 1. The van der Waals surface area contributed by atoms with Crippen molar-refractivity contribution in [1.29, 1.82) is 0 Å². The molecule has 3 aromatic heterocycles. The monoisotopic (exact) mass is 550 g/mol. The van der Waals surface area contributed by atoms with Crippen LogP contribution in [-0.4, -0.2) is 77.9 Å². The molecule has 0 spiro atoms. The van der Waals surface area contributed by atoms with Gasteiger partial charge in [-0.3, -0.25) is 4.79 Å². The molecule has 3 aromatic rings. The zero-order valence-electron chi connectivity index (χ0n) is 19.2. The van der Waals surface area contributed by atoms with Crippen LogP contribution < -0.4 is 4.90 Å². The Morgan fingerprint density at radius 2 is 1.81 bits per heavy atom. The van der Waals surface area contributed by atoms with Gasteiger partial charge in [-0.1, -0.05) is 11.3 Å². The van der Waals surface area contributed by atoms with Crippen molar-refractivity contribution < 1.29 is 36.2 Å². The van der Waals surface area contributed by atoms with E-state index in [0.717, 1.165) is 12.4 Å². The topological polar surface area (TPSA) is 113 Å². The van der Waals surface area contributed by atoms with E-state index in [0.29, 0.717) is 17.2 Å². The van der Waals surface area contributed by atoms with E-state index in [1.807, 2.05) is 0 Å². The summed E-state index contributed by atoms with van der Waals surface area (Å²) in [5.41, 5.74) is -0.333. The summed E-state index contributed by atoms with van der Waals surface area (Å²) in [6.07, 6.45) is -6.59. The number of hydrogen-bond donors (Lipinski definition) is 1. The van der Waals surface area contributed by atoms with E-state index in [2.05, 4.69) is 25.0 Å². The van der Waals surface area contributed by atoms with Crippen molar-refractivity contribution in [3.05, 3.63) is 35.4 Å². The number of hydrogen-bond acceptors (Lipinski definition) is 9. The molecular formula is C20H20F6N8O2S. The summed E-state index contributed by atoms with van der Waals surface area (Å²) in [5, 5.41) is 12.4. The fourth-order valence-electron chi connectivity index (χ4n) is 3.89. The van der Waals surface area contributed by atoms with E-state index in [1.165, 1.54) is 15.9 Å². The Morgan fingerprint density at radius 1 is 1.11 bits per heavy atom. The molecule has 37 heavy (non-hydrogen) atoms. The van der Waals surface area contributed by atoms with Gasteiger partial charge < -0.3 is 14.9 Å². The second kappa shape index (κ2) is 10.2. The molecule has 1 N–H and O–H groups in total. The molecule has 1 aliphatic heterocycles. The first-order valence-corrected chi connectivity index (χ1v) is 11.7. The van der Waals surface area contributed by atoms with Gasteiger partial charge in [-0.2, -0.15) is 31.4 Å². The maximum absolute atomic E-state index is 13.5. The number of aliphatic hydroxyl groups is 1. The van der Waals surface area contributed by atoms with Crippen LogP contribution in [0.1, 0.15) is 23.1 Å². The molecule has 1 aliphatic rings. The first-order valence-electron chi connectivity index (χ1n) is 10.9. The Morgan fingerprint density at radius 3 is 2.38 bits per heavy atom. The number of amides is 1. The third-order valence-corrected chi connectivity index (χ3v) is 6.84. The number of alkyl halides is 6. The Hall–Kier alpha value is -3.34. The van der Waals surface area contributed by atoms with Crippen LogP contribution in [0.4, 0.5) is 31.3 Å². The number of aromatic nitrogens is 6. The van der Waals surface area contributed by atoms with Crippen LogP contribution in [-0.2, 0) is 23.7 Å².